The van der Waals surface area contributed by atoms with E-state index in [1.165, 1.54) is 0 Å². The number of hydrogen-bond donors (Lipinski definition) is 2. The minimum Gasteiger partial charge on any atom is -0.382 e. The summed E-state index contributed by atoms with van der Waals surface area (Å²) in [5, 5.41) is 5.31. The summed E-state index contributed by atoms with van der Waals surface area (Å²) in [6.07, 6.45) is 0. The van der Waals surface area contributed by atoms with Crippen molar-refractivity contribution in [2.24, 2.45) is 0 Å². The SMILES string of the molecule is COCCOCNC(=O)NCc1ccccc1. The van der Waals surface area contributed by atoms with E-state index in [4.69, 9.17) is 9.47 Å². The lowest BCUT2D eigenvalue weighted by molar-refractivity contribution is 0.0642. The Hall–Kier alpha value is -1.59. The van der Waals surface area contributed by atoms with Crippen LogP contribution in [-0.4, -0.2) is 33.1 Å². The first-order valence-electron chi connectivity index (χ1n) is 5.45. The van der Waals surface area contributed by atoms with Crippen LogP contribution < -0.4 is 10.6 Å². The normalized spacial score (nSPS) is 9.94. The first-order chi connectivity index (χ1) is 8.33. The smallest absolute Gasteiger partial charge is 0.316 e. The van der Waals surface area contributed by atoms with Gasteiger partial charge in [0, 0.05) is 13.7 Å². The quantitative estimate of drug-likeness (QED) is 0.552. The third-order valence-electron chi connectivity index (χ3n) is 2.06. The van der Waals surface area contributed by atoms with E-state index < -0.39 is 0 Å². The number of carbonyl (C=O) groups excluding carboxylic acids is 1. The molecule has 1 aromatic rings. The summed E-state index contributed by atoms with van der Waals surface area (Å²) in [4.78, 5) is 11.3. The van der Waals surface area contributed by atoms with E-state index in [9.17, 15) is 4.79 Å². The Morgan fingerprint density at radius 2 is 1.94 bits per heavy atom. The average Bonchev–Trinajstić information content (AvgIpc) is 2.37. The van der Waals surface area contributed by atoms with Gasteiger partial charge in [-0.25, -0.2) is 4.79 Å². The van der Waals surface area contributed by atoms with E-state index in [2.05, 4.69) is 10.6 Å². The fourth-order valence-electron chi connectivity index (χ4n) is 1.17. The molecule has 0 atom stereocenters. The molecule has 1 aromatic carbocycles. The van der Waals surface area contributed by atoms with E-state index in [1.807, 2.05) is 30.3 Å². The van der Waals surface area contributed by atoms with Gasteiger partial charge in [-0.15, -0.1) is 0 Å². The van der Waals surface area contributed by atoms with Crippen molar-refractivity contribution in [1.29, 1.82) is 0 Å². The van der Waals surface area contributed by atoms with Crippen molar-refractivity contribution < 1.29 is 14.3 Å². The van der Waals surface area contributed by atoms with Gasteiger partial charge in [-0.05, 0) is 5.56 Å². The van der Waals surface area contributed by atoms with Crippen LogP contribution in [0.25, 0.3) is 0 Å². The van der Waals surface area contributed by atoms with Crippen LogP contribution >= 0.6 is 0 Å². The predicted octanol–water partition coefficient (Wildman–Crippen LogP) is 1.11. The molecule has 94 valence electrons. The van der Waals surface area contributed by atoms with Gasteiger partial charge in [-0.2, -0.15) is 0 Å². The van der Waals surface area contributed by atoms with Gasteiger partial charge >= 0.3 is 6.03 Å². The summed E-state index contributed by atoms with van der Waals surface area (Å²) < 4.78 is 9.90. The van der Waals surface area contributed by atoms with E-state index in [1.54, 1.807) is 7.11 Å². The van der Waals surface area contributed by atoms with Crippen molar-refractivity contribution in [3.8, 4) is 0 Å². The highest BCUT2D eigenvalue weighted by Gasteiger charge is 1.98. The Morgan fingerprint density at radius 3 is 2.65 bits per heavy atom. The standard InChI is InChI=1S/C12H18N2O3/c1-16-7-8-17-10-14-12(15)13-9-11-5-3-2-4-6-11/h2-6H,7-10H2,1H3,(H2,13,14,15). The summed E-state index contributed by atoms with van der Waals surface area (Å²) in [5.41, 5.74) is 1.06. The van der Waals surface area contributed by atoms with Crippen molar-refractivity contribution in [2.75, 3.05) is 27.1 Å². The molecular weight excluding hydrogens is 220 g/mol. The second kappa shape index (κ2) is 8.55. The number of rotatable bonds is 7. The van der Waals surface area contributed by atoms with Gasteiger partial charge in [0.1, 0.15) is 6.73 Å². The Labute approximate surface area is 101 Å². The fraction of sp³-hybridized carbons (Fsp3) is 0.417. The summed E-state index contributed by atoms with van der Waals surface area (Å²) in [6.45, 7) is 1.68. The lowest BCUT2D eigenvalue weighted by atomic mass is 10.2. The third-order valence-corrected chi connectivity index (χ3v) is 2.06. The number of nitrogens with one attached hydrogen (secondary N) is 2. The molecule has 0 radical (unpaired) electrons. The number of urea groups is 1. The summed E-state index contributed by atoms with van der Waals surface area (Å²) >= 11 is 0. The molecule has 0 aliphatic rings. The molecule has 1 rings (SSSR count). The molecule has 5 nitrogen and oxygen atoms in total. The molecule has 0 heterocycles. The molecule has 0 spiro atoms. The topological polar surface area (TPSA) is 59.6 Å². The number of hydrogen-bond acceptors (Lipinski definition) is 3. The van der Waals surface area contributed by atoms with Crippen LogP contribution in [0.4, 0.5) is 4.79 Å². The maximum absolute atomic E-state index is 11.3. The average molecular weight is 238 g/mol. The molecule has 0 aliphatic carbocycles. The van der Waals surface area contributed by atoms with E-state index in [-0.39, 0.29) is 12.8 Å². The summed E-state index contributed by atoms with van der Waals surface area (Å²) in [7, 11) is 1.60. The Bertz CT molecular complexity index is 317. The molecule has 2 N–H and O–H groups in total. The van der Waals surface area contributed by atoms with Gasteiger partial charge in [0.15, 0.2) is 0 Å². The minimum absolute atomic E-state index is 0.185. The van der Waals surface area contributed by atoms with E-state index >= 15 is 0 Å². The number of methoxy groups -OCH3 is 1. The molecule has 0 bridgehead atoms. The highest BCUT2D eigenvalue weighted by Crippen LogP contribution is 1.96. The zero-order valence-corrected chi connectivity index (χ0v) is 9.94. The molecule has 2 amide bonds. The molecule has 17 heavy (non-hydrogen) atoms. The molecule has 0 unspecified atom stereocenters. The highest BCUT2D eigenvalue weighted by molar-refractivity contribution is 5.73. The monoisotopic (exact) mass is 238 g/mol. The lowest BCUT2D eigenvalue weighted by Gasteiger charge is -2.08. The molecular formula is C12H18N2O3. The molecule has 0 fully saturated rings. The van der Waals surface area contributed by atoms with Gasteiger partial charge in [-0.1, -0.05) is 30.3 Å². The minimum atomic E-state index is -0.244. The van der Waals surface area contributed by atoms with Crippen molar-refractivity contribution >= 4 is 6.03 Å². The number of benzene rings is 1. The maximum atomic E-state index is 11.3. The van der Waals surface area contributed by atoms with Crippen LogP contribution in [0, 0.1) is 0 Å². The highest BCUT2D eigenvalue weighted by atomic mass is 16.5. The summed E-state index contributed by atoms with van der Waals surface area (Å²) in [6, 6.07) is 9.47. The summed E-state index contributed by atoms with van der Waals surface area (Å²) in [5.74, 6) is 0. The van der Waals surface area contributed by atoms with Crippen LogP contribution in [0.5, 0.6) is 0 Å². The van der Waals surface area contributed by atoms with Gasteiger partial charge < -0.3 is 20.1 Å². The van der Waals surface area contributed by atoms with Crippen molar-refractivity contribution in [3.63, 3.8) is 0 Å². The molecule has 0 saturated heterocycles. The van der Waals surface area contributed by atoms with Crippen molar-refractivity contribution in [2.45, 2.75) is 6.54 Å². The fourth-order valence-corrected chi connectivity index (χ4v) is 1.17. The third kappa shape index (κ3) is 6.55. The van der Waals surface area contributed by atoms with Gasteiger partial charge in [0.25, 0.3) is 0 Å². The van der Waals surface area contributed by atoms with Crippen LogP contribution in [0.15, 0.2) is 30.3 Å². The molecule has 5 heteroatoms. The van der Waals surface area contributed by atoms with Crippen LogP contribution in [0.2, 0.25) is 0 Å². The number of ether oxygens (including phenoxy) is 2. The maximum Gasteiger partial charge on any atom is 0.316 e. The second-order valence-corrected chi connectivity index (χ2v) is 3.39. The first-order valence-corrected chi connectivity index (χ1v) is 5.45. The predicted molar refractivity (Wildman–Crippen MR) is 64.5 cm³/mol. The molecule has 0 aromatic heterocycles. The van der Waals surface area contributed by atoms with Crippen LogP contribution in [0.3, 0.4) is 0 Å². The number of carbonyl (C=O) groups is 1. The van der Waals surface area contributed by atoms with Gasteiger partial charge in [0.05, 0.1) is 13.2 Å². The van der Waals surface area contributed by atoms with E-state index in [0.717, 1.165) is 5.56 Å². The van der Waals surface area contributed by atoms with Crippen molar-refractivity contribution in [3.05, 3.63) is 35.9 Å². The van der Waals surface area contributed by atoms with Gasteiger partial charge in [0.2, 0.25) is 0 Å². The van der Waals surface area contributed by atoms with E-state index in [0.29, 0.717) is 19.8 Å². The van der Waals surface area contributed by atoms with Crippen LogP contribution in [0.1, 0.15) is 5.56 Å². The zero-order chi connectivity index (χ0) is 12.3. The Balaban J connectivity index is 2.05. The van der Waals surface area contributed by atoms with Crippen molar-refractivity contribution in [1.82, 2.24) is 10.6 Å². The lowest BCUT2D eigenvalue weighted by Crippen LogP contribution is -2.36. The second-order valence-electron chi connectivity index (χ2n) is 3.39. The van der Waals surface area contributed by atoms with Crippen LogP contribution in [-0.2, 0) is 16.0 Å². The Morgan fingerprint density at radius 1 is 1.18 bits per heavy atom. The largest absolute Gasteiger partial charge is 0.382 e. The molecule has 0 saturated carbocycles. The van der Waals surface area contributed by atoms with Gasteiger partial charge in [-0.3, -0.25) is 0 Å². The Kier molecular flexibility index (Phi) is 6.78. The first kappa shape index (κ1) is 13.5. The number of amides is 2. The zero-order valence-electron chi connectivity index (χ0n) is 9.94. The molecule has 0 aliphatic heterocycles.